The number of nitrogens with one attached hydrogen (secondary N) is 1. The van der Waals surface area contributed by atoms with Crippen LogP contribution in [0.25, 0.3) is 0 Å². The highest BCUT2D eigenvalue weighted by molar-refractivity contribution is 5.76. The highest BCUT2D eigenvalue weighted by Gasteiger charge is 2.28. The van der Waals surface area contributed by atoms with Crippen LogP contribution in [0.4, 0.5) is 0 Å². The van der Waals surface area contributed by atoms with Crippen LogP contribution in [-0.4, -0.2) is 21.7 Å². The second-order valence-corrected chi connectivity index (χ2v) is 4.04. The Labute approximate surface area is 94.1 Å². The Hall–Kier alpha value is -1.83. The topological polar surface area (TPSA) is 70.7 Å². The van der Waals surface area contributed by atoms with E-state index in [0.717, 1.165) is 19.3 Å². The average Bonchev–Trinajstić information content (AvgIpc) is 2.88. The summed E-state index contributed by atoms with van der Waals surface area (Å²) in [6, 6.07) is 4.04. The summed E-state index contributed by atoms with van der Waals surface area (Å²) in [5.74, 6) is -0.0996. The molecule has 84 valence electrons. The van der Waals surface area contributed by atoms with E-state index in [1.165, 1.54) is 0 Å². The van der Waals surface area contributed by atoms with Crippen LogP contribution >= 0.6 is 0 Å². The highest BCUT2D eigenvalue weighted by Crippen LogP contribution is 2.24. The molecular formula is C11H14N4O. The van der Waals surface area contributed by atoms with Gasteiger partial charge in [0.1, 0.15) is 6.54 Å². The molecule has 1 fully saturated rings. The molecule has 2 unspecified atom stereocenters. The van der Waals surface area contributed by atoms with Crippen molar-refractivity contribution in [1.29, 1.82) is 5.26 Å². The van der Waals surface area contributed by atoms with Gasteiger partial charge in [0, 0.05) is 18.4 Å². The largest absolute Gasteiger partial charge is 0.350 e. The lowest BCUT2D eigenvalue weighted by molar-refractivity contribution is -0.122. The second kappa shape index (κ2) is 4.79. The first-order chi connectivity index (χ1) is 7.79. The fourth-order valence-corrected chi connectivity index (χ4v) is 2.08. The predicted octanol–water partition coefficient (Wildman–Crippen LogP) is 0.692. The number of hydrogen-bond donors (Lipinski definition) is 1. The molecule has 0 radical (unpaired) electrons. The molecule has 5 heteroatoms. The summed E-state index contributed by atoms with van der Waals surface area (Å²) in [6.07, 6.45) is 6.20. The van der Waals surface area contributed by atoms with E-state index in [4.69, 9.17) is 5.26 Å². The maximum atomic E-state index is 11.6. The van der Waals surface area contributed by atoms with Gasteiger partial charge >= 0.3 is 0 Å². The van der Waals surface area contributed by atoms with Crippen LogP contribution < -0.4 is 5.32 Å². The summed E-state index contributed by atoms with van der Waals surface area (Å²) in [7, 11) is 0. The van der Waals surface area contributed by atoms with Crippen LogP contribution in [0.1, 0.15) is 19.3 Å². The summed E-state index contributed by atoms with van der Waals surface area (Å²) >= 11 is 0. The first kappa shape index (κ1) is 10.7. The Morgan fingerprint density at radius 3 is 3.19 bits per heavy atom. The molecule has 1 aromatic heterocycles. The Kier molecular flexibility index (Phi) is 3.20. The number of rotatable bonds is 3. The normalized spacial score (nSPS) is 23.9. The minimum atomic E-state index is -0.0733. The third-order valence-electron chi connectivity index (χ3n) is 2.89. The Morgan fingerprint density at radius 1 is 1.62 bits per heavy atom. The monoisotopic (exact) mass is 218 g/mol. The molecule has 2 atom stereocenters. The molecule has 2 rings (SSSR count). The summed E-state index contributed by atoms with van der Waals surface area (Å²) in [4.78, 5) is 11.6. The quantitative estimate of drug-likeness (QED) is 0.811. The smallest absolute Gasteiger partial charge is 0.241 e. The maximum absolute atomic E-state index is 11.6. The molecule has 1 amide bonds. The third kappa shape index (κ3) is 2.40. The fourth-order valence-electron chi connectivity index (χ4n) is 2.08. The molecule has 1 aliphatic carbocycles. The Morgan fingerprint density at radius 2 is 2.50 bits per heavy atom. The van der Waals surface area contributed by atoms with Crippen molar-refractivity contribution in [3.63, 3.8) is 0 Å². The molecule has 1 aromatic rings. The van der Waals surface area contributed by atoms with E-state index in [1.807, 2.05) is 0 Å². The third-order valence-corrected chi connectivity index (χ3v) is 2.89. The standard InChI is InChI=1S/C11H14N4O/c12-7-9-3-1-4-10(9)14-11(16)8-15-6-2-5-13-15/h2,5-6,9-10H,1,3-4,8H2,(H,14,16). The average molecular weight is 218 g/mol. The zero-order chi connectivity index (χ0) is 11.4. The van der Waals surface area contributed by atoms with Gasteiger partial charge in [-0.25, -0.2) is 0 Å². The van der Waals surface area contributed by atoms with Gasteiger partial charge in [-0.3, -0.25) is 9.48 Å². The van der Waals surface area contributed by atoms with Gasteiger partial charge in [-0.15, -0.1) is 0 Å². The molecule has 5 nitrogen and oxygen atoms in total. The molecular weight excluding hydrogens is 204 g/mol. The van der Waals surface area contributed by atoms with Crippen molar-refractivity contribution in [3.05, 3.63) is 18.5 Å². The second-order valence-electron chi connectivity index (χ2n) is 4.04. The van der Waals surface area contributed by atoms with Crippen molar-refractivity contribution >= 4 is 5.91 Å². The van der Waals surface area contributed by atoms with E-state index >= 15 is 0 Å². The van der Waals surface area contributed by atoms with Crippen molar-refractivity contribution in [2.75, 3.05) is 0 Å². The number of aromatic nitrogens is 2. The van der Waals surface area contributed by atoms with Crippen molar-refractivity contribution < 1.29 is 4.79 Å². The minimum Gasteiger partial charge on any atom is -0.350 e. The van der Waals surface area contributed by atoms with E-state index in [2.05, 4.69) is 16.5 Å². The van der Waals surface area contributed by atoms with Crippen LogP contribution in [0.2, 0.25) is 0 Å². The number of carbonyl (C=O) groups is 1. The number of hydrogen-bond acceptors (Lipinski definition) is 3. The van der Waals surface area contributed by atoms with E-state index in [9.17, 15) is 4.79 Å². The SMILES string of the molecule is N#CC1CCCC1NC(=O)Cn1cccn1. The summed E-state index contributed by atoms with van der Waals surface area (Å²) < 4.78 is 1.58. The van der Waals surface area contributed by atoms with Crippen LogP contribution in [0.5, 0.6) is 0 Å². The lowest BCUT2D eigenvalue weighted by Crippen LogP contribution is -2.38. The van der Waals surface area contributed by atoms with Crippen molar-refractivity contribution in [2.45, 2.75) is 31.8 Å². The van der Waals surface area contributed by atoms with E-state index in [-0.39, 0.29) is 24.4 Å². The Bertz CT molecular complexity index is 393. The molecule has 16 heavy (non-hydrogen) atoms. The molecule has 0 spiro atoms. The lowest BCUT2D eigenvalue weighted by atomic mass is 10.1. The van der Waals surface area contributed by atoms with Gasteiger partial charge in [0.2, 0.25) is 5.91 Å². The molecule has 1 N–H and O–H groups in total. The molecule has 1 heterocycles. The van der Waals surface area contributed by atoms with Gasteiger partial charge in [0.25, 0.3) is 0 Å². The Balaban J connectivity index is 1.86. The number of amides is 1. The van der Waals surface area contributed by atoms with E-state index in [0.29, 0.717) is 0 Å². The van der Waals surface area contributed by atoms with Gasteiger partial charge in [0.05, 0.1) is 12.0 Å². The molecule has 0 aliphatic heterocycles. The molecule has 0 aromatic carbocycles. The van der Waals surface area contributed by atoms with Crippen LogP contribution in [0.3, 0.4) is 0 Å². The highest BCUT2D eigenvalue weighted by atomic mass is 16.2. The first-order valence-electron chi connectivity index (χ1n) is 5.46. The molecule has 1 aliphatic rings. The number of nitrogens with zero attached hydrogens (tertiary/aromatic N) is 3. The zero-order valence-electron chi connectivity index (χ0n) is 8.97. The summed E-state index contributed by atoms with van der Waals surface area (Å²) in [5.41, 5.74) is 0. The van der Waals surface area contributed by atoms with Gasteiger partial charge in [0.15, 0.2) is 0 Å². The lowest BCUT2D eigenvalue weighted by Gasteiger charge is -2.15. The van der Waals surface area contributed by atoms with Crippen LogP contribution in [0.15, 0.2) is 18.5 Å². The van der Waals surface area contributed by atoms with Gasteiger partial charge in [-0.05, 0) is 25.3 Å². The summed E-state index contributed by atoms with van der Waals surface area (Å²) in [5, 5.41) is 15.7. The number of carbonyl (C=O) groups excluding carboxylic acids is 1. The molecule has 0 bridgehead atoms. The van der Waals surface area contributed by atoms with Gasteiger partial charge < -0.3 is 5.32 Å². The van der Waals surface area contributed by atoms with Crippen molar-refractivity contribution in [2.24, 2.45) is 5.92 Å². The van der Waals surface area contributed by atoms with E-state index < -0.39 is 0 Å². The summed E-state index contributed by atoms with van der Waals surface area (Å²) in [6.45, 7) is 0.224. The number of nitriles is 1. The fraction of sp³-hybridized carbons (Fsp3) is 0.545. The molecule has 0 saturated heterocycles. The zero-order valence-corrected chi connectivity index (χ0v) is 8.97. The van der Waals surface area contributed by atoms with Crippen molar-refractivity contribution in [3.8, 4) is 6.07 Å². The molecule has 1 saturated carbocycles. The van der Waals surface area contributed by atoms with Gasteiger partial charge in [-0.2, -0.15) is 10.4 Å². The van der Waals surface area contributed by atoms with E-state index in [1.54, 1.807) is 23.1 Å². The van der Waals surface area contributed by atoms with Crippen LogP contribution in [0, 0.1) is 17.2 Å². The minimum absolute atomic E-state index is 0.0214. The van der Waals surface area contributed by atoms with Crippen LogP contribution in [-0.2, 0) is 11.3 Å². The predicted molar refractivity (Wildman–Crippen MR) is 57.1 cm³/mol. The maximum Gasteiger partial charge on any atom is 0.241 e. The van der Waals surface area contributed by atoms with Gasteiger partial charge in [-0.1, -0.05) is 0 Å². The van der Waals surface area contributed by atoms with Crippen molar-refractivity contribution in [1.82, 2.24) is 15.1 Å². The first-order valence-corrected chi connectivity index (χ1v) is 5.46.